The lowest BCUT2D eigenvalue weighted by molar-refractivity contribution is -0.146. The fraction of sp³-hybridized carbons (Fsp3) is 0.462. The highest BCUT2D eigenvalue weighted by molar-refractivity contribution is 6.01. The maximum atomic E-state index is 11.9. The zero-order valence-electron chi connectivity index (χ0n) is 11.1. The van der Waals surface area contributed by atoms with Gasteiger partial charge in [-0.2, -0.15) is 0 Å². The van der Waals surface area contributed by atoms with E-state index in [1.807, 2.05) is 25.1 Å². The predicted molar refractivity (Wildman–Crippen MR) is 72.8 cm³/mol. The lowest BCUT2D eigenvalue weighted by Gasteiger charge is -2.28. The summed E-state index contributed by atoms with van der Waals surface area (Å²) >= 11 is 0. The second-order valence-corrected chi connectivity index (χ2v) is 4.46. The number of piperidine rings is 1. The van der Waals surface area contributed by atoms with E-state index in [0.717, 1.165) is 12.4 Å². The molecule has 1 atom stereocenters. The van der Waals surface area contributed by atoms with Crippen molar-refractivity contribution in [3.05, 3.63) is 18.2 Å². The number of nitrogens with one attached hydrogen (secondary N) is 2. The number of hydrogen-bond donors (Lipinski definition) is 2. The average Bonchev–Trinajstić information content (AvgIpc) is 2.40. The third-order valence-electron chi connectivity index (χ3n) is 3.08. The number of hydrogen-bond acceptors (Lipinski definition) is 5. The number of rotatable bonds is 4. The monoisotopic (exact) mass is 262 g/mol. The Labute approximate surface area is 112 Å². The van der Waals surface area contributed by atoms with Crippen molar-refractivity contribution in [2.75, 3.05) is 24.2 Å². The van der Waals surface area contributed by atoms with Gasteiger partial charge >= 0.3 is 0 Å². The lowest BCUT2D eigenvalue weighted by Crippen LogP contribution is -2.48. The SMILES string of the molecule is CCNc1cccc(NC2CCC(=O)N(C)C2=O)n1. The molecule has 0 spiro atoms. The van der Waals surface area contributed by atoms with Gasteiger partial charge in [0.25, 0.3) is 5.91 Å². The summed E-state index contributed by atoms with van der Waals surface area (Å²) in [6.45, 7) is 2.78. The fourth-order valence-electron chi connectivity index (χ4n) is 2.02. The fourth-order valence-corrected chi connectivity index (χ4v) is 2.02. The molecule has 6 nitrogen and oxygen atoms in total. The van der Waals surface area contributed by atoms with Crippen LogP contribution in [0.15, 0.2) is 18.2 Å². The standard InChI is InChI=1S/C13H18N4O2/c1-3-14-10-5-4-6-11(16-10)15-9-7-8-12(18)17(2)13(9)19/h4-6,9H,3,7-8H2,1-2H3,(H2,14,15,16). The molecule has 1 fully saturated rings. The van der Waals surface area contributed by atoms with Gasteiger partial charge < -0.3 is 10.6 Å². The summed E-state index contributed by atoms with van der Waals surface area (Å²) in [5.41, 5.74) is 0. The second kappa shape index (κ2) is 5.69. The van der Waals surface area contributed by atoms with Gasteiger partial charge in [-0.1, -0.05) is 6.07 Å². The van der Waals surface area contributed by atoms with Crippen molar-refractivity contribution >= 4 is 23.5 Å². The Kier molecular flexibility index (Phi) is 3.99. The largest absolute Gasteiger partial charge is 0.370 e. The second-order valence-electron chi connectivity index (χ2n) is 4.46. The van der Waals surface area contributed by atoms with E-state index in [2.05, 4.69) is 15.6 Å². The summed E-state index contributed by atoms with van der Waals surface area (Å²) in [7, 11) is 1.51. The number of pyridine rings is 1. The number of amides is 2. The molecule has 1 unspecified atom stereocenters. The van der Waals surface area contributed by atoms with Crippen LogP contribution in [-0.4, -0.2) is 41.3 Å². The molecule has 1 aromatic heterocycles. The molecule has 0 aliphatic carbocycles. The molecular weight excluding hydrogens is 244 g/mol. The number of anilines is 2. The molecule has 1 saturated heterocycles. The quantitative estimate of drug-likeness (QED) is 0.794. The van der Waals surface area contributed by atoms with E-state index in [1.165, 1.54) is 11.9 Å². The molecule has 0 aromatic carbocycles. The minimum Gasteiger partial charge on any atom is -0.370 e. The van der Waals surface area contributed by atoms with Gasteiger partial charge in [-0.15, -0.1) is 0 Å². The minimum atomic E-state index is -0.382. The first kappa shape index (κ1) is 13.3. The smallest absolute Gasteiger partial charge is 0.251 e. The van der Waals surface area contributed by atoms with Crippen LogP contribution in [-0.2, 0) is 9.59 Å². The molecule has 0 radical (unpaired) electrons. The molecule has 2 rings (SSSR count). The first-order valence-corrected chi connectivity index (χ1v) is 6.39. The van der Waals surface area contributed by atoms with Crippen molar-refractivity contribution < 1.29 is 9.59 Å². The Morgan fingerprint density at radius 2 is 2.11 bits per heavy atom. The zero-order chi connectivity index (χ0) is 13.8. The molecule has 1 aliphatic heterocycles. The van der Waals surface area contributed by atoms with E-state index in [4.69, 9.17) is 0 Å². The molecule has 6 heteroatoms. The average molecular weight is 262 g/mol. The van der Waals surface area contributed by atoms with Crippen LogP contribution < -0.4 is 10.6 Å². The molecule has 1 aromatic rings. The molecule has 2 heterocycles. The molecule has 2 amide bonds. The number of carbonyl (C=O) groups excluding carboxylic acids is 2. The van der Waals surface area contributed by atoms with Gasteiger partial charge in [-0.3, -0.25) is 14.5 Å². The lowest BCUT2D eigenvalue weighted by atomic mass is 10.0. The van der Waals surface area contributed by atoms with E-state index < -0.39 is 0 Å². The van der Waals surface area contributed by atoms with Crippen molar-refractivity contribution in [2.45, 2.75) is 25.8 Å². The number of nitrogens with zero attached hydrogens (tertiary/aromatic N) is 2. The number of aromatic nitrogens is 1. The molecule has 19 heavy (non-hydrogen) atoms. The third-order valence-corrected chi connectivity index (χ3v) is 3.08. The molecular formula is C13H18N4O2. The summed E-state index contributed by atoms with van der Waals surface area (Å²) < 4.78 is 0. The summed E-state index contributed by atoms with van der Waals surface area (Å²) in [4.78, 5) is 28.9. The summed E-state index contributed by atoms with van der Waals surface area (Å²) in [5, 5.41) is 6.20. The highest BCUT2D eigenvalue weighted by Crippen LogP contribution is 2.17. The van der Waals surface area contributed by atoms with Crippen LogP contribution in [0.1, 0.15) is 19.8 Å². The topological polar surface area (TPSA) is 74.3 Å². The molecule has 2 N–H and O–H groups in total. The van der Waals surface area contributed by atoms with Gasteiger partial charge in [0, 0.05) is 20.0 Å². The van der Waals surface area contributed by atoms with E-state index in [-0.39, 0.29) is 17.9 Å². The van der Waals surface area contributed by atoms with Crippen molar-refractivity contribution in [3.8, 4) is 0 Å². The Morgan fingerprint density at radius 1 is 1.37 bits per heavy atom. The zero-order valence-corrected chi connectivity index (χ0v) is 11.1. The molecule has 0 saturated carbocycles. The molecule has 0 bridgehead atoms. The van der Waals surface area contributed by atoms with Crippen LogP contribution in [0.25, 0.3) is 0 Å². The van der Waals surface area contributed by atoms with Crippen LogP contribution in [0.3, 0.4) is 0 Å². The van der Waals surface area contributed by atoms with Gasteiger partial charge in [-0.25, -0.2) is 4.98 Å². The van der Waals surface area contributed by atoms with Gasteiger partial charge in [0.2, 0.25) is 5.91 Å². The highest BCUT2D eigenvalue weighted by Gasteiger charge is 2.31. The van der Waals surface area contributed by atoms with Crippen molar-refractivity contribution in [2.24, 2.45) is 0 Å². The first-order chi connectivity index (χ1) is 9.11. The van der Waals surface area contributed by atoms with Crippen molar-refractivity contribution in [1.82, 2.24) is 9.88 Å². The normalized spacial score (nSPS) is 19.5. The number of imide groups is 1. The van der Waals surface area contributed by atoms with E-state index in [9.17, 15) is 9.59 Å². The maximum Gasteiger partial charge on any atom is 0.251 e. The van der Waals surface area contributed by atoms with Crippen LogP contribution in [0.5, 0.6) is 0 Å². The van der Waals surface area contributed by atoms with E-state index in [1.54, 1.807) is 0 Å². The number of carbonyl (C=O) groups is 2. The highest BCUT2D eigenvalue weighted by atomic mass is 16.2. The number of likely N-dealkylation sites (N-methyl/N-ethyl adjacent to an activating group) is 1. The summed E-state index contributed by atoms with van der Waals surface area (Å²) in [5.74, 6) is 1.07. The van der Waals surface area contributed by atoms with Crippen LogP contribution in [0.4, 0.5) is 11.6 Å². The Hall–Kier alpha value is -2.11. The Morgan fingerprint density at radius 3 is 2.84 bits per heavy atom. The maximum absolute atomic E-state index is 11.9. The van der Waals surface area contributed by atoms with E-state index >= 15 is 0 Å². The first-order valence-electron chi connectivity index (χ1n) is 6.39. The predicted octanol–water partition coefficient (Wildman–Crippen LogP) is 1.07. The van der Waals surface area contributed by atoms with Gasteiger partial charge in [0.1, 0.15) is 17.7 Å². The van der Waals surface area contributed by atoms with Crippen LogP contribution >= 0.6 is 0 Å². The van der Waals surface area contributed by atoms with Crippen LogP contribution in [0, 0.1) is 0 Å². The summed E-state index contributed by atoms with van der Waals surface area (Å²) in [6, 6.07) is 5.17. The third kappa shape index (κ3) is 3.01. The van der Waals surface area contributed by atoms with Crippen LogP contribution in [0.2, 0.25) is 0 Å². The Balaban J connectivity index is 2.06. The minimum absolute atomic E-state index is 0.127. The van der Waals surface area contributed by atoms with E-state index in [0.29, 0.717) is 18.7 Å². The number of likely N-dealkylation sites (tertiary alicyclic amines) is 1. The van der Waals surface area contributed by atoms with Gasteiger partial charge in [0.15, 0.2) is 0 Å². The van der Waals surface area contributed by atoms with Gasteiger partial charge in [0.05, 0.1) is 0 Å². The van der Waals surface area contributed by atoms with Crippen molar-refractivity contribution in [1.29, 1.82) is 0 Å². The van der Waals surface area contributed by atoms with Crippen molar-refractivity contribution in [3.63, 3.8) is 0 Å². The Bertz CT molecular complexity index is 489. The van der Waals surface area contributed by atoms with Gasteiger partial charge in [-0.05, 0) is 25.5 Å². The molecule has 102 valence electrons. The summed E-state index contributed by atoms with van der Waals surface area (Å²) in [6.07, 6.45) is 0.891. The molecule has 1 aliphatic rings.